The third-order valence-corrected chi connectivity index (χ3v) is 2.45. The summed E-state index contributed by atoms with van der Waals surface area (Å²) in [6.45, 7) is 5.02. The second kappa shape index (κ2) is 8.07. The van der Waals surface area contributed by atoms with Gasteiger partial charge in [-0.15, -0.1) is 0 Å². The number of nitrogens with one attached hydrogen (secondary N) is 1. The predicted molar refractivity (Wildman–Crippen MR) is 60.3 cm³/mol. The molecule has 1 aromatic heterocycles. The fourth-order valence-electron chi connectivity index (χ4n) is 1.72. The van der Waals surface area contributed by atoms with Crippen molar-refractivity contribution in [3.05, 3.63) is 31.7 Å². The van der Waals surface area contributed by atoms with Crippen molar-refractivity contribution in [1.29, 1.82) is 0 Å². The summed E-state index contributed by atoms with van der Waals surface area (Å²) in [5.41, 5.74) is 1.000. The smallest absolute Gasteiger partial charge is 0.367 e. The van der Waals surface area contributed by atoms with E-state index in [0.29, 0.717) is 6.04 Å². The second-order valence-corrected chi connectivity index (χ2v) is 3.64. The number of halogens is 1. The van der Waals surface area contributed by atoms with Crippen molar-refractivity contribution in [2.45, 2.75) is 13.0 Å². The van der Waals surface area contributed by atoms with Crippen LogP contribution < -0.4 is 79.1 Å². The van der Waals surface area contributed by atoms with E-state index < -0.39 is 5.95 Å². The molecule has 0 unspecified atom stereocenters. The first-order valence-electron chi connectivity index (χ1n) is 4.85. The second-order valence-electron chi connectivity index (χ2n) is 3.64. The summed E-state index contributed by atoms with van der Waals surface area (Å²) < 4.78 is 12.6. The number of nitrogens with zero attached hydrogens (tertiary/aromatic N) is 2. The Morgan fingerprint density at radius 2 is 2.25 bits per heavy atom. The van der Waals surface area contributed by atoms with Crippen molar-refractivity contribution in [3.63, 3.8) is 0 Å². The van der Waals surface area contributed by atoms with Crippen LogP contribution in [0.2, 0.25) is 0 Å². The van der Waals surface area contributed by atoms with E-state index in [1.54, 1.807) is 12.3 Å². The molecule has 0 spiro atoms. The van der Waals surface area contributed by atoms with E-state index >= 15 is 0 Å². The maximum absolute atomic E-state index is 12.6. The Kier molecular flexibility index (Phi) is 8.52. The Morgan fingerprint density at radius 1 is 1.50 bits per heavy atom. The molecule has 0 radical (unpaired) electrons. The van der Waals surface area contributed by atoms with Gasteiger partial charge in [-0.25, -0.2) is 4.98 Å². The zero-order valence-electron chi connectivity index (χ0n) is 10.2. The molecule has 0 amide bonds. The minimum Gasteiger partial charge on any atom is -0.367 e. The maximum Gasteiger partial charge on any atom is 1.00 e. The zero-order valence-corrected chi connectivity index (χ0v) is 16.5. The van der Waals surface area contributed by atoms with Crippen molar-refractivity contribution >= 4 is 5.69 Å². The number of pyridine rings is 1. The minimum atomic E-state index is -0.420. The maximum atomic E-state index is 12.6. The Balaban J connectivity index is 0.00000112. The fourth-order valence-corrected chi connectivity index (χ4v) is 1.72. The molecule has 5 heteroatoms. The molecule has 1 saturated heterocycles. The summed E-state index contributed by atoms with van der Waals surface area (Å²) in [6.07, 6.45) is 1.59. The van der Waals surface area contributed by atoms with Crippen LogP contribution in [0.5, 0.6) is 0 Å². The number of hydrogen-bond donors (Lipinski definition) is 1. The molecule has 0 aliphatic carbocycles. The van der Waals surface area contributed by atoms with Crippen LogP contribution in [0.1, 0.15) is 6.92 Å². The van der Waals surface area contributed by atoms with Gasteiger partial charge in [-0.05, 0) is 19.1 Å². The van der Waals surface area contributed by atoms with E-state index in [1.807, 2.05) is 0 Å². The molecule has 1 atom stereocenters. The molecule has 0 saturated carbocycles. The van der Waals surface area contributed by atoms with Crippen LogP contribution in [0.15, 0.2) is 18.3 Å². The molecular weight excluding hydrogens is 326 g/mol. The average Bonchev–Trinajstić information content (AvgIpc) is 2.19. The van der Waals surface area contributed by atoms with Gasteiger partial charge in [-0.3, -0.25) is 0 Å². The van der Waals surface area contributed by atoms with Gasteiger partial charge in [0, 0.05) is 25.7 Å². The standard InChI is InChI=1S/C10H14FN3.CH3.Cs/c1-8-7-14(5-4-12-8)9-2-3-10(11)13-6-9;;/h2-3,6,8,12H,4-5,7H2,1H3;1H3;/q;-1;+1/t8-;;/m0../s1. The summed E-state index contributed by atoms with van der Waals surface area (Å²) in [5, 5.41) is 3.36. The topological polar surface area (TPSA) is 28.2 Å². The van der Waals surface area contributed by atoms with Gasteiger partial charge in [-0.2, -0.15) is 4.39 Å². The number of rotatable bonds is 1. The summed E-state index contributed by atoms with van der Waals surface area (Å²) in [6, 6.07) is 3.66. The van der Waals surface area contributed by atoms with E-state index in [4.69, 9.17) is 0 Å². The van der Waals surface area contributed by atoms with Crippen molar-refractivity contribution in [2.24, 2.45) is 0 Å². The quantitative estimate of drug-likeness (QED) is 0.496. The molecule has 16 heavy (non-hydrogen) atoms. The van der Waals surface area contributed by atoms with E-state index in [2.05, 4.69) is 22.1 Å². The van der Waals surface area contributed by atoms with Crippen molar-refractivity contribution in [2.75, 3.05) is 24.5 Å². The summed E-state index contributed by atoms with van der Waals surface area (Å²) >= 11 is 0. The van der Waals surface area contributed by atoms with Gasteiger partial charge in [0.1, 0.15) is 0 Å². The summed E-state index contributed by atoms with van der Waals surface area (Å²) in [5.74, 6) is -0.420. The predicted octanol–water partition coefficient (Wildman–Crippen LogP) is -1.53. The van der Waals surface area contributed by atoms with Crippen LogP contribution in [0.3, 0.4) is 0 Å². The van der Waals surface area contributed by atoms with E-state index in [9.17, 15) is 4.39 Å². The van der Waals surface area contributed by atoms with Crippen LogP contribution in [0, 0.1) is 13.4 Å². The van der Waals surface area contributed by atoms with Crippen molar-refractivity contribution in [1.82, 2.24) is 10.3 Å². The van der Waals surface area contributed by atoms with E-state index in [-0.39, 0.29) is 76.3 Å². The van der Waals surface area contributed by atoms with Gasteiger partial charge in [-0.1, -0.05) is 0 Å². The molecule has 1 N–H and O–H groups in total. The average molecular weight is 343 g/mol. The van der Waals surface area contributed by atoms with Crippen LogP contribution in [-0.2, 0) is 0 Å². The fraction of sp³-hybridized carbons (Fsp3) is 0.455. The zero-order chi connectivity index (χ0) is 9.97. The van der Waals surface area contributed by atoms with Gasteiger partial charge < -0.3 is 17.6 Å². The normalized spacial score (nSPS) is 19.6. The minimum absolute atomic E-state index is 0. The molecule has 84 valence electrons. The molecule has 3 nitrogen and oxygen atoms in total. The van der Waals surface area contributed by atoms with Gasteiger partial charge in [0.2, 0.25) is 5.95 Å². The molecular formula is C11H17CsFN3. The van der Waals surface area contributed by atoms with E-state index in [1.165, 1.54) is 6.07 Å². The Hall–Kier alpha value is 0.892. The van der Waals surface area contributed by atoms with Gasteiger partial charge in [0.15, 0.2) is 0 Å². The number of aromatic nitrogens is 1. The number of piperazine rings is 1. The van der Waals surface area contributed by atoms with Crippen molar-refractivity contribution in [3.8, 4) is 0 Å². The third-order valence-electron chi connectivity index (χ3n) is 2.45. The number of anilines is 1. The SMILES string of the molecule is C[C@H]1CN(c2ccc(F)nc2)CCN1.[CH3-].[Cs+]. The Labute approximate surface area is 156 Å². The van der Waals surface area contributed by atoms with Crippen LogP contribution >= 0.6 is 0 Å². The molecule has 1 aliphatic rings. The van der Waals surface area contributed by atoms with Gasteiger partial charge in [0.05, 0.1) is 11.9 Å². The number of hydrogen-bond acceptors (Lipinski definition) is 3. The molecule has 0 bridgehead atoms. The molecule has 1 aliphatic heterocycles. The first kappa shape index (κ1) is 16.9. The van der Waals surface area contributed by atoms with Crippen LogP contribution in [0.25, 0.3) is 0 Å². The summed E-state index contributed by atoms with van der Waals surface area (Å²) in [7, 11) is 0. The molecule has 2 heterocycles. The third kappa shape index (κ3) is 4.64. The Morgan fingerprint density at radius 3 is 2.81 bits per heavy atom. The van der Waals surface area contributed by atoms with Gasteiger partial charge in [0.25, 0.3) is 0 Å². The largest absolute Gasteiger partial charge is 1.00 e. The van der Waals surface area contributed by atoms with E-state index in [0.717, 1.165) is 25.3 Å². The first-order chi connectivity index (χ1) is 6.75. The monoisotopic (exact) mass is 343 g/mol. The molecule has 1 aromatic rings. The Bertz CT molecular complexity index is 305. The van der Waals surface area contributed by atoms with Crippen LogP contribution in [-0.4, -0.2) is 30.7 Å². The van der Waals surface area contributed by atoms with Crippen LogP contribution in [0.4, 0.5) is 10.1 Å². The van der Waals surface area contributed by atoms with Crippen molar-refractivity contribution < 1.29 is 73.3 Å². The molecule has 0 aromatic carbocycles. The van der Waals surface area contributed by atoms with Gasteiger partial charge >= 0.3 is 68.9 Å². The molecule has 1 fully saturated rings. The summed E-state index contributed by atoms with van der Waals surface area (Å²) in [4.78, 5) is 5.87. The molecule has 2 rings (SSSR count). The first-order valence-corrected chi connectivity index (χ1v) is 4.85.